The first kappa shape index (κ1) is 9.93. The Labute approximate surface area is 92.1 Å². The van der Waals surface area contributed by atoms with Gasteiger partial charge < -0.3 is 10.5 Å². The number of hydrogen-bond acceptors (Lipinski definition) is 5. The SMILES string of the molecule is N#Cc1ccccc1Oc1cc(N)ncn1. The highest BCUT2D eigenvalue weighted by atomic mass is 16.5. The summed E-state index contributed by atoms with van der Waals surface area (Å²) in [5.41, 5.74) is 5.93. The number of anilines is 1. The summed E-state index contributed by atoms with van der Waals surface area (Å²) in [6.07, 6.45) is 1.31. The second-order valence-electron chi connectivity index (χ2n) is 2.99. The lowest BCUT2D eigenvalue weighted by Crippen LogP contribution is -1.94. The van der Waals surface area contributed by atoms with Crippen molar-refractivity contribution in [3.63, 3.8) is 0 Å². The summed E-state index contributed by atoms with van der Waals surface area (Å²) in [5.74, 6) is 1.08. The largest absolute Gasteiger partial charge is 0.437 e. The Hall–Kier alpha value is -2.61. The van der Waals surface area contributed by atoms with Crippen molar-refractivity contribution in [2.24, 2.45) is 0 Å². The second kappa shape index (κ2) is 4.28. The van der Waals surface area contributed by atoms with Crippen LogP contribution in [-0.4, -0.2) is 9.97 Å². The van der Waals surface area contributed by atoms with E-state index in [9.17, 15) is 0 Å². The van der Waals surface area contributed by atoms with Gasteiger partial charge in [0.05, 0.1) is 5.56 Å². The first-order valence-electron chi connectivity index (χ1n) is 4.54. The van der Waals surface area contributed by atoms with E-state index in [1.807, 2.05) is 6.07 Å². The van der Waals surface area contributed by atoms with Gasteiger partial charge >= 0.3 is 0 Å². The van der Waals surface area contributed by atoms with E-state index < -0.39 is 0 Å². The van der Waals surface area contributed by atoms with Gasteiger partial charge in [-0.3, -0.25) is 0 Å². The van der Waals surface area contributed by atoms with Gasteiger partial charge in [0.15, 0.2) is 0 Å². The number of rotatable bonds is 2. The maximum absolute atomic E-state index is 8.86. The van der Waals surface area contributed by atoms with Gasteiger partial charge in [-0.05, 0) is 12.1 Å². The smallest absolute Gasteiger partial charge is 0.224 e. The van der Waals surface area contributed by atoms with Crippen molar-refractivity contribution in [2.75, 3.05) is 5.73 Å². The van der Waals surface area contributed by atoms with Gasteiger partial charge in [0.1, 0.15) is 24.0 Å². The third-order valence-electron chi connectivity index (χ3n) is 1.89. The lowest BCUT2D eigenvalue weighted by Gasteiger charge is -2.05. The predicted molar refractivity (Wildman–Crippen MR) is 57.7 cm³/mol. The number of ether oxygens (including phenoxy) is 1. The molecule has 0 aliphatic heterocycles. The number of para-hydroxylation sites is 1. The number of aromatic nitrogens is 2. The fourth-order valence-corrected chi connectivity index (χ4v) is 1.17. The standard InChI is InChI=1S/C11H8N4O/c12-6-8-3-1-2-4-9(8)16-11-5-10(13)14-7-15-11/h1-5,7H,(H2,13,14,15). The molecule has 5 nitrogen and oxygen atoms in total. The van der Waals surface area contributed by atoms with E-state index in [0.717, 1.165) is 0 Å². The summed E-state index contributed by atoms with van der Waals surface area (Å²) < 4.78 is 5.43. The molecule has 0 atom stereocenters. The van der Waals surface area contributed by atoms with Gasteiger partial charge in [0.25, 0.3) is 0 Å². The zero-order chi connectivity index (χ0) is 11.4. The van der Waals surface area contributed by atoms with E-state index in [0.29, 0.717) is 23.0 Å². The molecular formula is C11H8N4O. The van der Waals surface area contributed by atoms with Crippen LogP contribution in [0.3, 0.4) is 0 Å². The van der Waals surface area contributed by atoms with Gasteiger partial charge in [-0.25, -0.2) is 9.97 Å². The minimum absolute atomic E-state index is 0.315. The average Bonchev–Trinajstić information content (AvgIpc) is 2.30. The van der Waals surface area contributed by atoms with Crippen LogP contribution in [0.15, 0.2) is 36.7 Å². The van der Waals surface area contributed by atoms with Crippen LogP contribution < -0.4 is 10.5 Å². The molecule has 2 aromatic rings. The molecule has 78 valence electrons. The molecule has 0 fully saturated rings. The van der Waals surface area contributed by atoms with Crippen molar-refractivity contribution in [2.45, 2.75) is 0 Å². The number of benzene rings is 1. The van der Waals surface area contributed by atoms with E-state index in [1.165, 1.54) is 12.4 Å². The van der Waals surface area contributed by atoms with Crippen molar-refractivity contribution in [1.29, 1.82) is 5.26 Å². The van der Waals surface area contributed by atoms with Crippen molar-refractivity contribution in [1.82, 2.24) is 9.97 Å². The molecule has 0 aliphatic carbocycles. The Balaban J connectivity index is 2.31. The molecule has 16 heavy (non-hydrogen) atoms. The Morgan fingerprint density at radius 3 is 2.81 bits per heavy atom. The zero-order valence-corrected chi connectivity index (χ0v) is 8.29. The Bertz CT molecular complexity index is 548. The Morgan fingerprint density at radius 2 is 2.06 bits per heavy atom. The molecule has 0 saturated carbocycles. The molecule has 1 aromatic heterocycles. The number of nitriles is 1. The number of nitrogens with zero attached hydrogens (tertiary/aromatic N) is 3. The maximum Gasteiger partial charge on any atom is 0.224 e. The van der Waals surface area contributed by atoms with Crippen LogP contribution >= 0.6 is 0 Å². The van der Waals surface area contributed by atoms with Crippen molar-refractivity contribution in [3.8, 4) is 17.7 Å². The summed E-state index contributed by atoms with van der Waals surface area (Å²) in [4.78, 5) is 7.63. The molecule has 2 N–H and O–H groups in total. The third-order valence-corrected chi connectivity index (χ3v) is 1.89. The fourth-order valence-electron chi connectivity index (χ4n) is 1.17. The maximum atomic E-state index is 8.86. The molecule has 1 aromatic carbocycles. The molecule has 0 unspecified atom stereocenters. The highest BCUT2D eigenvalue weighted by Crippen LogP contribution is 2.23. The average molecular weight is 212 g/mol. The normalized spacial score (nSPS) is 9.44. The number of nitrogen functional groups attached to an aromatic ring is 1. The van der Waals surface area contributed by atoms with Crippen LogP contribution in [0, 0.1) is 11.3 Å². The summed E-state index contributed by atoms with van der Waals surface area (Å²) in [5, 5.41) is 8.86. The number of hydrogen-bond donors (Lipinski definition) is 1. The molecule has 5 heteroatoms. The quantitative estimate of drug-likeness (QED) is 0.819. The third kappa shape index (κ3) is 2.07. The summed E-state index contributed by atoms with van der Waals surface area (Å²) in [7, 11) is 0. The lowest BCUT2D eigenvalue weighted by molar-refractivity contribution is 0.460. The summed E-state index contributed by atoms with van der Waals surface area (Å²) in [6, 6.07) is 10.4. The molecule has 0 radical (unpaired) electrons. The topological polar surface area (TPSA) is 84.8 Å². The van der Waals surface area contributed by atoms with Crippen LogP contribution in [0.4, 0.5) is 5.82 Å². The highest BCUT2D eigenvalue weighted by molar-refractivity contribution is 5.44. The minimum atomic E-state index is 0.315. The van der Waals surface area contributed by atoms with Crippen LogP contribution in [0.5, 0.6) is 11.6 Å². The molecule has 0 spiro atoms. The van der Waals surface area contributed by atoms with E-state index in [4.69, 9.17) is 15.7 Å². The van der Waals surface area contributed by atoms with Gasteiger partial charge in [0, 0.05) is 6.07 Å². The van der Waals surface area contributed by atoms with E-state index >= 15 is 0 Å². The van der Waals surface area contributed by atoms with Crippen LogP contribution in [-0.2, 0) is 0 Å². The lowest BCUT2D eigenvalue weighted by atomic mass is 10.2. The van der Waals surface area contributed by atoms with Crippen molar-refractivity contribution < 1.29 is 4.74 Å². The van der Waals surface area contributed by atoms with Crippen LogP contribution in [0.1, 0.15) is 5.56 Å². The van der Waals surface area contributed by atoms with Gasteiger partial charge in [0.2, 0.25) is 5.88 Å². The molecule has 0 saturated heterocycles. The first-order valence-corrected chi connectivity index (χ1v) is 4.54. The Morgan fingerprint density at radius 1 is 1.25 bits per heavy atom. The molecular weight excluding hydrogens is 204 g/mol. The van der Waals surface area contributed by atoms with E-state index in [1.54, 1.807) is 24.3 Å². The van der Waals surface area contributed by atoms with E-state index in [-0.39, 0.29) is 0 Å². The second-order valence-corrected chi connectivity index (χ2v) is 2.99. The molecule has 0 bridgehead atoms. The zero-order valence-electron chi connectivity index (χ0n) is 8.29. The Kier molecular flexibility index (Phi) is 2.65. The molecule has 2 rings (SSSR count). The van der Waals surface area contributed by atoms with Crippen LogP contribution in [0.2, 0.25) is 0 Å². The summed E-state index contributed by atoms with van der Waals surface area (Å²) in [6.45, 7) is 0. The van der Waals surface area contributed by atoms with Crippen molar-refractivity contribution >= 4 is 5.82 Å². The predicted octanol–water partition coefficient (Wildman–Crippen LogP) is 1.72. The molecule has 1 heterocycles. The van der Waals surface area contributed by atoms with Gasteiger partial charge in [-0.1, -0.05) is 12.1 Å². The minimum Gasteiger partial charge on any atom is -0.437 e. The monoisotopic (exact) mass is 212 g/mol. The van der Waals surface area contributed by atoms with E-state index in [2.05, 4.69) is 9.97 Å². The van der Waals surface area contributed by atoms with Crippen LogP contribution in [0.25, 0.3) is 0 Å². The van der Waals surface area contributed by atoms with Crippen molar-refractivity contribution in [3.05, 3.63) is 42.2 Å². The van der Waals surface area contributed by atoms with Gasteiger partial charge in [-0.15, -0.1) is 0 Å². The fraction of sp³-hybridized carbons (Fsp3) is 0. The highest BCUT2D eigenvalue weighted by Gasteiger charge is 2.04. The summed E-state index contributed by atoms with van der Waals surface area (Å²) >= 11 is 0. The van der Waals surface area contributed by atoms with Gasteiger partial charge in [-0.2, -0.15) is 5.26 Å². The number of nitrogens with two attached hydrogens (primary N) is 1. The molecule has 0 amide bonds. The first-order chi connectivity index (χ1) is 7.79. The molecule has 0 aliphatic rings.